The van der Waals surface area contributed by atoms with Crippen LogP contribution in [0.1, 0.15) is 30.7 Å². The number of carbonyl (C=O) groups excluding carboxylic acids is 1. The normalized spacial score (nSPS) is 22.2. The molecule has 0 aromatic heterocycles. The first-order valence-electron chi connectivity index (χ1n) is 6.30. The van der Waals surface area contributed by atoms with Gasteiger partial charge in [-0.3, -0.25) is 4.79 Å². The fourth-order valence-electron chi connectivity index (χ4n) is 2.15. The minimum Gasteiger partial charge on any atom is -0.359 e. The summed E-state index contributed by atoms with van der Waals surface area (Å²) in [5.41, 5.74) is 1.43. The van der Waals surface area contributed by atoms with Crippen molar-refractivity contribution in [2.24, 2.45) is 0 Å². The van der Waals surface area contributed by atoms with Crippen LogP contribution in [0.3, 0.4) is 0 Å². The van der Waals surface area contributed by atoms with E-state index in [0.717, 1.165) is 13.0 Å². The molecule has 1 saturated carbocycles. The van der Waals surface area contributed by atoms with E-state index >= 15 is 0 Å². The van der Waals surface area contributed by atoms with Crippen molar-refractivity contribution in [1.29, 1.82) is 0 Å². The van der Waals surface area contributed by atoms with Gasteiger partial charge in [0.15, 0.2) is 0 Å². The van der Waals surface area contributed by atoms with Crippen LogP contribution in [0.25, 0.3) is 0 Å². The highest BCUT2D eigenvalue weighted by atomic mass is 16.1. The van der Waals surface area contributed by atoms with Crippen molar-refractivity contribution in [2.45, 2.75) is 31.2 Å². The van der Waals surface area contributed by atoms with Crippen molar-refractivity contribution in [3.05, 3.63) is 35.9 Å². The van der Waals surface area contributed by atoms with E-state index in [0.29, 0.717) is 18.4 Å². The maximum Gasteiger partial charge on any atom is 0.219 e. The summed E-state index contributed by atoms with van der Waals surface area (Å²) in [4.78, 5) is 11.0. The Morgan fingerprint density at radius 3 is 2.82 bits per heavy atom. The van der Waals surface area contributed by atoms with E-state index in [1.807, 2.05) is 0 Å². The molecule has 2 rings (SSSR count). The summed E-state index contributed by atoms with van der Waals surface area (Å²) in [5, 5.41) is 6.14. The molecule has 1 aliphatic carbocycles. The summed E-state index contributed by atoms with van der Waals surface area (Å²) in [6.45, 7) is 0.932. The Bertz CT molecular complexity index is 364. The Hall–Kier alpha value is -1.35. The Morgan fingerprint density at radius 2 is 2.12 bits per heavy atom. The van der Waals surface area contributed by atoms with Crippen LogP contribution in [0, 0.1) is 0 Å². The maximum absolute atomic E-state index is 11.0. The Morgan fingerprint density at radius 1 is 1.35 bits per heavy atom. The van der Waals surface area contributed by atoms with Crippen LogP contribution in [0.15, 0.2) is 30.3 Å². The van der Waals surface area contributed by atoms with Crippen LogP contribution in [0.4, 0.5) is 0 Å². The molecular formula is C14H20N2O. The molecule has 0 heterocycles. The molecule has 0 bridgehead atoms. The van der Waals surface area contributed by atoms with E-state index < -0.39 is 0 Å². The van der Waals surface area contributed by atoms with Gasteiger partial charge in [0.1, 0.15) is 0 Å². The molecule has 3 nitrogen and oxygen atoms in total. The van der Waals surface area contributed by atoms with Crippen LogP contribution in [-0.4, -0.2) is 25.5 Å². The van der Waals surface area contributed by atoms with E-state index in [2.05, 4.69) is 41.0 Å². The standard InChI is InChI=1S/C14H20N2O/c1-15-14(17)8-5-9-16-13-10-12(13)11-6-3-2-4-7-11/h2-4,6-7,12-13,16H,5,8-10H2,1H3,(H,15,17). The fraction of sp³-hybridized carbons (Fsp3) is 0.500. The second-order valence-electron chi connectivity index (χ2n) is 4.59. The van der Waals surface area contributed by atoms with Crippen molar-refractivity contribution >= 4 is 5.91 Å². The monoisotopic (exact) mass is 232 g/mol. The lowest BCUT2D eigenvalue weighted by Gasteiger charge is -2.04. The highest BCUT2D eigenvalue weighted by Crippen LogP contribution is 2.40. The van der Waals surface area contributed by atoms with Gasteiger partial charge in [0.05, 0.1) is 0 Å². The third-order valence-corrected chi connectivity index (χ3v) is 3.28. The minimum absolute atomic E-state index is 0.127. The molecule has 1 aromatic carbocycles. The van der Waals surface area contributed by atoms with Gasteiger partial charge in [-0.05, 0) is 24.9 Å². The van der Waals surface area contributed by atoms with Gasteiger partial charge < -0.3 is 10.6 Å². The lowest BCUT2D eigenvalue weighted by atomic mass is 10.1. The molecule has 2 atom stereocenters. The van der Waals surface area contributed by atoms with Crippen molar-refractivity contribution < 1.29 is 4.79 Å². The van der Waals surface area contributed by atoms with E-state index in [1.54, 1.807) is 7.05 Å². The van der Waals surface area contributed by atoms with Gasteiger partial charge in [-0.2, -0.15) is 0 Å². The van der Waals surface area contributed by atoms with E-state index in [9.17, 15) is 4.79 Å². The topological polar surface area (TPSA) is 41.1 Å². The second kappa shape index (κ2) is 5.82. The molecule has 92 valence electrons. The third kappa shape index (κ3) is 3.56. The van der Waals surface area contributed by atoms with Crippen LogP contribution in [-0.2, 0) is 4.79 Å². The van der Waals surface area contributed by atoms with Crippen molar-refractivity contribution in [3.8, 4) is 0 Å². The highest BCUT2D eigenvalue weighted by molar-refractivity contribution is 5.75. The molecule has 0 radical (unpaired) electrons. The number of benzene rings is 1. The molecule has 1 fully saturated rings. The van der Waals surface area contributed by atoms with Crippen molar-refractivity contribution in [3.63, 3.8) is 0 Å². The Labute approximate surface area is 103 Å². The quantitative estimate of drug-likeness (QED) is 0.732. The Balaban J connectivity index is 1.62. The summed E-state index contributed by atoms with van der Waals surface area (Å²) in [6.07, 6.45) is 2.76. The molecule has 1 amide bonds. The van der Waals surface area contributed by atoms with Gasteiger partial charge in [-0.25, -0.2) is 0 Å². The van der Waals surface area contributed by atoms with Gasteiger partial charge >= 0.3 is 0 Å². The molecule has 1 aromatic rings. The number of nitrogens with one attached hydrogen (secondary N) is 2. The summed E-state index contributed by atoms with van der Waals surface area (Å²) < 4.78 is 0. The zero-order valence-corrected chi connectivity index (χ0v) is 10.3. The SMILES string of the molecule is CNC(=O)CCCNC1CC1c1ccccc1. The predicted molar refractivity (Wildman–Crippen MR) is 68.9 cm³/mol. The number of hydrogen-bond acceptors (Lipinski definition) is 2. The smallest absolute Gasteiger partial charge is 0.219 e. The number of carbonyl (C=O) groups is 1. The molecule has 2 N–H and O–H groups in total. The van der Waals surface area contributed by atoms with E-state index in [1.165, 1.54) is 12.0 Å². The summed E-state index contributed by atoms with van der Waals surface area (Å²) in [6, 6.07) is 11.2. The molecule has 3 heteroatoms. The minimum atomic E-state index is 0.127. The van der Waals surface area contributed by atoms with Crippen LogP contribution >= 0.6 is 0 Å². The zero-order chi connectivity index (χ0) is 12.1. The predicted octanol–water partition coefficient (Wildman–Crippen LogP) is 1.66. The number of hydrogen-bond donors (Lipinski definition) is 2. The Kier molecular flexibility index (Phi) is 4.15. The van der Waals surface area contributed by atoms with Crippen molar-refractivity contribution in [1.82, 2.24) is 10.6 Å². The van der Waals surface area contributed by atoms with Crippen LogP contribution in [0.2, 0.25) is 0 Å². The van der Waals surface area contributed by atoms with Crippen LogP contribution in [0.5, 0.6) is 0 Å². The third-order valence-electron chi connectivity index (χ3n) is 3.28. The average molecular weight is 232 g/mol. The van der Waals surface area contributed by atoms with Crippen molar-refractivity contribution in [2.75, 3.05) is 13.6 Å². The largest absolute Gasteiger partial charge is 0.359 e. The zero-order valence-electron chi connectivity index (χ0n) is 10.3. The van der Waals surface area contributed by atoms with E-state index in [4.69, 9.17) is 0 Å². The first kappa shape index (κ1) is 12.1. The number of amides is 1. The average Bonchev–Trinajstić information content (AvgIpc) is 3.15. The summed E-state index contributed by atoms with van der Waals surface area (Å²) in [7, 11) is 1.68. The van der Waals surface area contributed by atoms with Gasteiger partial charge in [-0.1, -0.05) is 30.3 Å². The molecular weight excluding hydrogens is 212 g/mol. The molecule has 0 spiro atoms. The molecule has 17 heavy (non-hydrogen) atoms. The van der Waals surface area contributed by atoms with Gasteiger partial charge in [-0.15, -0.1) is 0 Å². The van der Waals surface area contributed by atoms with Gasteiger partial charge in [0, 0.05) is 25.4 Å². The first-order chi connectivity index (χ1) is 8.31. The fourth-order valence-corrected chi connectivity index (χ4v) is 2.15. The van der Waals surface area contributed by atoms with Crippen LogP contribution < -0.4 is 10.6 Å². The summed E-state index contributed by atoms with van der Waals surface area (Å²) in [5.74, 6) is 0.804. The molecule has 2 unspecified atom stereocenters. The second-order valence-corrected chi connectivity index (χ2v) is 4.59. The summed E-state index contributed by atoms with van der Waals surface area (Å²) >= 11 is 0. The maximum atomic E-state index is 11.0. The highest BCUT2D eigenvalue weighted by Gasteiger charge is 2.37. The lowest BCUT2D eigenvalue weighted by molar-refractivity contribution is -0.120. The van der Waals surface area contributed by atoms with Gasteiger partial charge in [0.25, 0.3) is 0 Å². The first-order valence-corrected chi connectivity index (χ1v) is 6.30. The lowest BCUT2D eigenvalue weighted by Crippen LogP contribution is -2.23. The molecule has 1 aliphatic rings. The molecule has 0 aliphatic heterocycles. The number of rotatable bonds is 6. The molecule has 0 saturated heterocycles. The van der Waals surface area contributed by atoms with E-state index in [-0.39, 0.29) is 5.91 Å². The van der Waals surface area contributed by atoms with Gasteiger partial charge in [0.2, 0.25) is 5.91 Å².